The number of rotatable bonds is 2. The first-order valence-corrected chi connectivity index (χ1v) is 5.81. The van der Waals surface area contributed by atoms with E-state index < -0.39 is 5.95 Å². The summed E-state index contributed by atoms with van der Waals surface area (Å²) in [5, 5.41) is 4.93. The Balaban J connectivity index is 1.94. The van der Waals surface area contributed by atoms with Gasteiger partial charge in [0.15, 0.2) is 0 Å². The van der Waals surface area contributed by atoms with Crippen molar-refractivity contribution in [1.29, 1.82) is 0 Å². The first-order chi connectivity index (χ1) is 9.22. The highest BCUT2D eigenvalue weighted by atomic mass is 19.1. The van der Waals surface area contributed by atoms with E-state index in [1.165, 1.54) is 0 Å². The minimum atomic E-state index is -0.463. The minimum absolute atomic E-state index is 0.463. The zero-order chi connectivity index (χ0) is 13.2. The van der Waals surface area contributed by atoms with E-state index in [9.17, 15) is 4.39 Å². The van der Waals surface area contributed by atoms with Gasteiger partial charge < -0.3 is 5.32 Å². The quantitative estimate of drug-likeness (QED) is 0.709. The molecular weight excluding hydrogens is 241 g/mol. The fraction of sp³-hybridized carbons (Fsp3) is 0.0667. The predicted molar refractivity (Wildman–Crippen MR) is 71.6 cm³/mol. The summed E-state index contributed by atoms with van der Waals surface area (Å²) in [6, 6.07) is 12.1. The smallest absolute Gasteiger partial charge is 0.217 e. The highest BCUT2D eigenvalue weighted by molar-refractivity contribution is 5.84. The number of nitrogens with one attached hydrogen (secondary N) is 1. The SMILES string of the molecule is Cc1ccc(Nc2ccc3cnc#cc3c2)nc1F. The Morgan fingerprint density at radius 3 is 2.95 bits per heavy atom. The molecule has 0 atom stereocenters. The van der Waals surface area contributed by atoms with E-state index in [1.807, 2.05) is 18.2 Å². The molecule has 4 heteroatoms. The van der Waals surface area contributed by atoms with Crippen LogP contribution in [0.1, 0.15) is 5.56 Å². The molecule has 0 unspecified atom stereocenters. The lowest BCUT2D eigenvalue weighted by Gasteiger charge is -2.06. The molecule has 1 N–H and O–H groups in total. The predicted octanol–water partition coefficient (Wildman–Crippen LogP) is 3.42. The zero-order valence-corrected chi connectivity index (χ0v) is 10.2. The van der Waals surface area contributed by atoms with E-state index in [-0.39, 0.29) is 0 Å². The van der Waals surface area contributed by atoms with E-state index in [0.29, 0.717) is 11.4 Å². The van der Waals surface area contributed by atoms with Crippen molar-refractivity contribution in [3.05, 3.63) is 60.3 Å². The molecule has 0 bridgehead atoms. The van der Waals surface area contributed by atoms with Crippen LogP contribution < -0.4 is 5.32 Å². The van der Waals surface area contributed by atoms with Gasteiger partial charge in [-0.25, -0.2) is 9.97 Å². The van der Waals surface area contributed by atoms with Crippen LogP contribution in [0, 0.1) is 25.1 Å². The van der Waals surface area contributed by atoms with Gasteiger partial charge in [0.2, 0.25) is 5.95 Å². The van der Waals surface area contributed by atoms with Crippen LogP contribution in [-0.4, -0.2) is 9.97 Å². The maximum Gasteiger partial charge on any atom is 0.217 e. The third kappa shape index (κ3) is 2.31. The summed E-state index contributed by atoms with van der Waals surface area (Å²) in [7, 11) is 0. The largest absolute Gasteiger partial charge is 0.340 e. The van der Waals surface area contributed by atoms with E-state index in [4.69, 9.17) is 0 Å². The van der Waals surface area contributed by atoms with Crippen LogP contribution in [0.25, 0.3) is 10.8 Å². The topological polar surface area (TPSA) is 37.8 Å². The number of nitrogens with zero attached hydrogens (tertiary/aromatic N) is 2. The zero-order valence-electron chi connectivity index (χ0n) is 10.2. The van der Waals surface area contributed by atoms with E-state index in [0.717, 1.165) is 16.5 Å². The Bertz CT molecular complexity index is 740. The second kappa shape index (κ2) is 4.54. The molecule has 2 aromatic heterocycles. The van der Waals surface area contributed by atoms with Crippen molar-refractivity contribution in [1.82, 2.24) is 9.97 Å². The van der Waals surface area contributed by atoms with Crippen molar-refractivity contribution in [2.24, 2.45) is 0 Å². The van der Waals surface area contributed by atoms with Crippen LogP contribution >= 0.6 is 0 Å². The van der Waals surface area contributed by atoms with Crippen LogP contribution in [0.2, 0.25) is 0 Å². The van der Waals surface area contributed by atoms with Crippen LogP contribution in [0.15, 0.2) is 36.5 Å². The summed E-state index contributed by atoms with van der Waals surface area (Å²) in [5.41, 5.74) is 1.34. The summed E-state index contributed by atoms with van der Waals surface area (Å²) in [6.07, 6.45) is 4.39. The van der Waals surface area contributed by atoms with Crippen LogP contribution in [0.3, 0.4) is 0 Å². The Morgan fingerprint density at radius 1 is 1.21 bits per heavy atom. The Hall–Kier alpha value is -2.67. The molecule has 0 fully saturated rings. The van der Waals surface area contributed by atoms with Gasteiger partial charge in [-0.15, -0.1) is 0 Å². The first kappa shape index (κ1) is 11.4. The molecule has 3 rings (SSSR count). The number of pyridine rings is 1. The molecule has 3 aromatic rings. The maximum atomic E-state index is 13.4. The molecule has 0 aliphatic heterocycles. The van der Waals surface area contributed by atoms with Crippen molar-refractivity contribution in [2.45, 2.75) is 6.92 Å². The number of aromatic nitrogens is 2. The summed E-state index contributed by atoms with van der Waals surface area (Å²) in [5.74, 6) is 0.00960. The fourth-order valence-corrected chi connectivity index (χ4v) is 1.77. The molecule has 0 saturated carbocycles. The monoisotopic (exact) mass is 251 g/mol. The van der Waals surface area contributed by atoms with Gasteiger partial charge in [-0.2, -0.15) is 4.39 Å². The molecule has 1 aromatic carbocycles. The van der Waals surface area contributed by atoms with Gasteiger partial charge in [-0.05, 0) is 31.2 Å². The molecule has 3 nitrogen and oxygen atoms in total. The number of aryl methyl sites for hydroxylation is 1. The molecule has 0 spiro atoms. The highest BCUT2D eigenvalue weighted by Gasteiger charge is 2.02. The summed E-state index contributed by atoms with van der Waals surface area (Å²) in [4.78, 5) is 7.72. The van der Waals surface area contributed by atoms with Gasteiger partial charge in [0.25, 0.3) is 0 Å². The number of hydrogen-bond donors (Lipinski definition) is 1. The van der Waals surface area contributed by atoms with E-state index in [2.05, 4.69) is 27.5 Å². The number of fused-ring (bicyclic) bond motifs is 1. The molecule has 0 aliphatic rings. The van der Waals surface area contributed by atoms with Gasteiger partial charge in [-0.1, -0.05) is 12.1 Å². The third-order valence-electron chi connectivity index (χ3n) is 2.82. The first-order valence-electron chi connectivity index (χ1n) is 5.81. The van der Waals surface area contributed by atoms with Crippen LogP contribution in [0.4, 0.5) is 15.9 Å². The fourth-order valence-electron chi connectivity index (χ4n) is 1.77. The van der Waals surface area contributed by atoms with Gasteiger partial charge in [0.05, 0.1) is 0 Å². The molecular formula is C15H10FN3. The molecule has 0 aliphatic carbocycles. The number of benzene rings is 1. The molecule has 92 valence electrons. The Kier molecular flexibility index (Phi) is 2.73. The molecule has 19 heavy (non-hydrogen) atoms. The van der Waals surface area contributed by atoms with Crippen molar-refractivity contribution in [3.8, 4) is 0 Å². The highest BCUT2D eigenvalue weighted by Crippen LogP contribution is 2.20. The van der Waals surface area contributed by atoms with Crippen LogP contribution in [-0.2, 0) is 0 Å². The van der Waals surface area contributed by atoms with E-state index in [1.54, 1.807) is 25.3 Å². The van der Waals surface area contributed by atoms with Gasteiger partial charge in [0.1, 0.15) is 5.82 Å². The number of anilines is 2. The normalized spacial score (nSPS) is 10.2. The molecule has 0 amide bonds. The third-order valence-corrected chi connectivity index (χ3v) is 2.82. The number of halogens is 1. The lowest BCUT2D eigenvalue weighted by atomic mass is 10.2. The van der Waals surface area contributed by atoms with Crippen LogP contribution in [0.5, 0.6) is 0 Å². The van der Waals surface area contributed by atoms with Crippen molar-refractivity contribution < 1.29 is 4.39 Å². The van der Waals surface area contributed by atoms with Gasteiger partial charge in [0, 0.05) is 34.4 Å². The second-order valence-electron chi connectivity index (χ2n) is 4.23. The minimum Gasteiger partial charge on any atom is -0.340 e. The average Bonchev–Trinajstić information content (AvgIpc) is 2.43. The summed E-state index contributed by atoms with van der Waals surface area (Å²) >= 11 is 0. The average molecular weight is 251 g/mol. The van der Waals surface area contributed by atoms with Gasteiger partial charge in [-0.3, -0.25) is 0 Å². The van der Waals surface area contributed by atoms with Crippen molar-refractivity contribution in [2.75, 3.05) is 5.32 Å². The van der Waals surface area contributed by atoms with Crippen molar-refractivity contribution in [3.63, 3.8) is 0 Å². The Labute approximate surface area is 110 Å². The summed E-state index contributed by atoms with van der Waals surface area (Å²) < 4.78 is 13.4. The molecule has 0 saturated heterocycles. The molecule has 0 radical (unpaired) electrons. The lowest BCUT2D eigenvalue weighted by molar-refractivity contribution is 0.576. The van der Waals surface area contributed by atoms with Gasteiger partial charge >= 0.3 is 0 Å². The Morgan fingerprint density at radius 2 is 2.11 bits per heavy atom. The second-order valence-corrected chi connectivity index (χ2v) is 4.23. The van der Waals surface area contributed by atoms with Crippen molar-refractivity contribution >= 4 is 22.3 Å². The summed E-state index contributed by atoms with van der Waals surface area (Å²) in [6.45, 7) is 1.68. The maximum absolute atomic E-state index is 13.4. The lowest BCUT2D eigenvalue weighted by Crippen LogP contribution is -1.96. The van der Waals surface area contributed by atoms with E-state index >= 15 is 0 Å². The molecule has 2 heterocycles. The standard InChI is InChI=1S/C15H10FN3/c1-10-2-5-14(19-15(10)16)18-13-4-3-12-9-17-7-6-11(12)8-13/h2-5,8-9H,1H3,(H,18,19). The number of hydrogen-bond acceptors (Lipinski definition) is 3.